The van der Waals surface area contributed by atoms with E-state index in [0.29, 0.717) is 12.1 Å². The van der Waals surface area contributed by atoms with Crippen LogP contribution in [0.15, 0.2) is 47.8 Å². The SMILES string of the molecule is CC(Cc1ccc(F)cc1)=NNC(=O)c1cnccc1C(F)(F)F. The zero-order chi connectivity index (χ0) is 17.7. The van der Waals surface area contributed by atoms with E-state index in [1.54, 1.807) is 19.1 Å². The lowest BCUT2D eigenvalue weighted by molar-refractivity contribution is -0.138. The smallest absolute Gasteiger partial charge is 0.267 e. The van der Waals surface area contributed by atoms with E-state index in [4.69, 9.17) is 0 Å². The van der Waals surface area contributed by atoms with Crippen LogP contribution in [0.5, 0.6) is 0 Å². The zero-order valence-electron chi connectivity index (χ0n) is 12.6. The van der Waals surface area contributed by atoms with Gasteiger partial charge in [-0.05, 0) is 30.7 Å². The monoisotopic (exact) mass is 339 g/mol. The van der Waals surface area contributed by atoms with Gasteiger partial charge in [0.2, 0.25) is 0 Å². The Labute approximate surface area is 135 Å². The molecule has 4 nitrogen and oxygen atoms in total. The van der Waals surface area contributed by atoms with Crippen LogP contribution in [0, 0.1) is 5.82 Å². The molecule has 126 valence electrons. The molecule has 2 aromatic rings. The van der Waals surface area contributed by atoms with E-state index in [1.165, 1.54) is 12.1 Å². The second-order valence-electron chi connectivity index (χ2n) is 5.01. The van der Waals surface area contributed by atoms with Crippen molar-refractivity contribution < 1.29 is 22.4 Å². The first-order valence-corrected chi connectivity index (χ1v) is 6.86. The minimum absolute atomic E-state index is 0.319. The van der Waals surface area contributed by atoms with Crippen molar-refractivity contribution in [1.82, 2.24) is 10.4 Å². The molecule has 8 heteroatoms. The molecule has 0 fully saturated rings. The zero-order valence-corrected chi connectivity index (χ0v) is 12.6. The number of aromatic nitrogens is 1. The summed E-state index contributed by atoms with van der Waals surface area (Å²) in [6.45, 7) is 1.59. The third kappa shape index (κ3) is 4.61. The first-order valence-electron chi connectivity index (χ1n) is 6.86. The van der Waals surface area contributed by atoms with Crippen LogP contribution in [0.2, 0.25) is 0 Å². The van der Waals surface area contributed by atoms with Crippen molar-refractivity contribution in [3.8, 4) is 0 Å². The Morgan fingerprint density at radius 2 is 1.88 bits per heavy atom. The molecule has 0 radical (unpaired) electrons. The molecule has 1 aromatic heterocycles. The van der Waals surface area contributed by atoms with Crippen LogP contribution < -0.4 is 5.43 Å². The molecule has 0 aliphatic rings. The standard InChI is InChI=1S/C16H13F4N3O/c1-10(8-11-2-4-12(17)5-3-11)22-23-15(24)13-9-21-7-6-14(13)16(18,19)20/h2-7,9H,8H2,1H3,(H,23,24). The van der Waals surface area contributed by atoms with E-state index >= 15 is 0 Å². The third-order valence-corrected chi connectivity index (χ3v) is 3.09. The first kappa shape index (κ1) is 17.6. The summed E-state index contributed by atoms with van der Waals surface area (Å²) in [5.74, 6) is -1.38. The fourth-order valence-electron chi connectivity index (χ4n) is 1.97. The fraction of sp³-hybridized carbons (Fsp3) is 0.188. The van der Waals surface area contributed by atoms with Crippen molar-refractivity contribution >= 4 is 11.6 Å². The highest BCUT2D eigenvalue weighted by Gasteiger charge is 2.35. The van der Waals surface area contributed by atoms with E-state index in [1.807, 2.05) is 0 Å². The number of carbonyl (C=O) groups excluding carboxylic acids is 1. The van der Waals surface area contributed by atoms with Gasteiger partial charge < -0.3 is 0 Å². The maximum absolute atomic E-state index is 12.9. The molecular formula is C16H13F4N3O. The number of hydrogen-bond acceptors (Lipinski definition) is 3. The van der Waals surface area contributed by atoms with Crippen LogP contribution >= 0.6 is 0 Å². The molecule has 0 bridgehead atoms. The molecule has 24 heavy (non-hydrogen) atoms. The van der Waals surface area contributed by atoms with Crippen LogP contribution in [0.3, 0.4) is 0 Å². The molecule has 0 unspecified atom stereocenters. The van der Waals surface area contributed by atoms with Gasteiger partial charge in [-0.1, -0.05) is 12.1 Å². The van der Waals surface area contributed by atoms with Gasteiger partial charge in [0, 0.05) is 24.5 Å². The van der Waals surface area contributed by atoms with E-state index in [-0.39, 0.29) is 5.82 Å². The number of nitrogens with zero attached hydrogens (tertiary/aromatic N) is 2. The van der Waals surface area contributed by atoms with E-state index < -0.39 is 23.2 Å². The summed E-state index contributed by atoms with van der Waals surface area (Å²) in [6, 6.07) is 6.40. The number of hydrogen-bond donors (Lipinski definition) is 1. The second-order valence-corrected chi connectivity index (χ2v) is 5.01. The number of pyridine rings is 1. The summed E-state index contributed by atoms with van der Waals surface area (Å²) >= 11 is 0. The maximum atomic E-state index is 12.9. The number of benzene rings is 1. The van der Waals surface area contributed by atoms with Crippen LogP contribution in [-0.2, 0) is 12.6 Å². The number of carbonyl (C=O) groups is 1. The molecule has 0 aliphatic carbocycles. The first-order chi connectivity index (χ1) is 11.3. The minimum Gasteiger partial charge on any atom is -0.267 e. The molecule has 1 aromatic carbocycles. The van der Waals surface area contributed by atoms with Gasteiger partial charge in [-0.3, -0.25) is 9.78 Å². The highest BCUT2D eigenvalue weighted by Crippen LogP contribution is 2.31. The summed E-state index contributed by atoms with van der Waals surface area (Å²) in [4.78, 5) is 15.4. The molecule has 1 N–H and O–H groups in total. The topological polar surface area (TPSA) is 54.4 Å². The Morgan fingerprint density at radius 1 is 1.21 bits per heavy atom. The lowest BCUT2D eigenvalue weighted by Gasteiger charge is -2.10. The van der Waals surface area contributed by atoms with E-state index in [2.05, 4.69) is 15.5 Å². The second kappa shape index (κ2) is 7.20. The highest BCUT2D eigenvalue weighted by molar-refractivity contribution is 5.96. The normalized spacial score (nSPS) is 12.1. The number of amides is 1. The molecule has 0 aliphatic heterocycles. The van der Waals surface area contributed by atoms with Crippen molar-refractivity contribution in [2.24, 2.45) is 5.10 Å². The Morgan fingerprint density at radius 3 is 2.50 bits per heavy atom. The van der Waals surface area contributed by atoms with Gasteiger partial charge in [-0.2, -0.15) is 18.3 Å². The van der Waals surface area contributed by atoms with E-state index in [9.17, 15) is 22.4 Å². The summed E-state index contributed by atoms with van der Waals surface area (Å²) in [6.07, 6.45) is -2.55. The van der Waals surface area contributed by atoms with Gasteiger partial charge >= 0.3 is 6.18 Å². The van der Waals surface area contributed by atoms with Crippen LogP contribution in [0.25, 0.3) is 0 Å². The Kier molecular flexibility index (Phi) is 5.28. The quantitative estimate of drug-likeness (QED) is 0.526. The van der Waals surface area contributed by atoms with Crippen molar-refractivity contribution in [1.29, 1.82) is 0 Å². The molecule has 0 saturated carbocycles. The Balaban J connectivity index is 2.08. The van der Waals surface area contributed by atoms with Gasteiger partial charge in [-0.25, -0.2) is 9.82 Å². The van der Waals surface area contributed by atoms with Crippen molar-refractivity contribution in [2.75, 3.05) is 0 Å². The van der Waals surface area contributed by atoms with Crippen molar-refractivity contribution in [3.05, 3.63) is 65.2 Å². The minimum atomic E-state index is -4.66. The van der Waals surface area contributed by atoms with Crippen LogP contribution in [0.4, 0.5) is 17.6 Å². The van der Waals surface area contributed by atoms with Gasteiger partial charge in [0.25, 0.3) is 5.91 Å². The average molecular weight is 339 g/mol. The van der Waals surface area contributed by atoms with Crippen molar-refractivity contribution in [3.63, 3.8) is 0 Å². The average Bonchev–Trinajstić information content (AvgIpc) is 2.54. The predicted molar refractivity (Wildman–Crippen MR) is 79.9 cm³/mol. The van der Waals surface area contributed by atoms with Crippen LogP contribution in [-0.4, -0.2) is 16.6 Å². The highest BCUT2D eigenvalue weighted by atomic mass is 19.4. The number of halogens is 4. The number of alkyl halides is 3. The summed E-state index contributed by atoms with van der Waals surface area (Å²) in [5.41, 5.74) is 1.59. The largest absolute Gasteiger partial charge is 0.417 e. The molecular weight excluding hydrogens is 326 g/mol. The molecule has 1 amide bonds. The fourth-order valence-corrected chi connectivity index (χ4v) is 1.97. The summed E-state index contributed by atoms with van der Waals surface area (Å²) < 4.78 is 51.4. The lowest BCUT2D eigenvalue weighted by Crippen LogP contribution is -2.23. The molecule has 1 heterocycles. The Hall–Kier alpha value is -2.77. The van der Waals surface area contributed by atoms with Gasteiger partial charge in [0.1, 0.15) is 5.82 Å². The van der Waals surface area contributed by atoms with Crippen molar-refractivity contribution in [2.45, 2.75) is 19.5 Å². The predicted octanol–water partition coefficient (Wildman–Crippen LogP) is 3.59. The summed E-state index contributed by atoms with van der Waals surface area (Å²) in [5, 5.41) is 3.77. The maximum Gasteiger partial charge on any atom is 0.417 e. The molecule has 0 saturated heterocycles. The van der Waals surface area contributed by atoms with E-state index in [0.717, 1.165) is 24.0 Å². The Bertz CT molecular complexity index is 755. The molecule has 2 rings (SSSR count). The number of nitrogens with one attached hydrogen (secondary N) is 1. The number of hydrazone groups is 1. The summed E-state index contributed by atoms with van der Waals surface area (Å²) in [7, 11) is 0. The van der Waals surface area contributed by atoms with Gasteiger partial charge in [0.15, 0.2) is 0 Å². The van der Waals surface area contributed by atoms with Gasteiger partial charge in [0.05, 0.1) is 11.1 Å². The van der Waals surface area contributed by atoms with Crippen LogP contribution in [0.1, 0.15) is 28.4 Å². The number of rotatable bonds is 4. The molecule has 0 atom stereocenters. The molecule has 0 spiro atoms. The lowest BCUT2D eigenvalue weighted by atomic mass is 10.1. The van der Waals surface area contributed by atoms with Gasteiger partial charge in [-0.15, -0.1) is 0 Å². The third-order valence-electron chi connectivity index (χ3n) is 3.09.